The van der Waals surface area contributed by atoms with Gasteiger partial charge in [-0.05, 0) is 12.8 Å². The van der Waals surface area contributed by atoms with E-state index < -0.39 is 11.0 Å². The highest BCUT2D eigenvalue weighted by molar-refractivity contribution is 7.13. The summed E-state index contributed by atoms with van der Waals surface area (Å²) in [6.45, 7) is 0.0819. The van der Waals surface area contributed by atoms with Crippen LogP contribution in [0.2, 0.25) is 0 Å². The Morgan fingerprint density at radius 1 is 1.33 bits per heavy atom. The number of carbonyl (C=O) groups is 3. The molecule has 8 heteroatoms. The van der Waals surface area contributed by atoms with Crippen molar-refractivity contribution < 1.29 is 19.3 Å². The second-order valence-electron chi connectivity index (χ2n) is 5.21. The quantitative estimate of drug-likeness (QED) is 0.358. The lowest BCUT2D eigenvalue weighted by Gasteiger charge is -2.25. The third kappa shape index (κ3) is 2.25. The number of nitro groups is 1. The minimum Gasteiger partial charge on any atom is -0.324 e. The highest BCUT2D eigenvalue weighted by Gasteiger charge is 2.41. The molecule has 3 rings (SSSR count). The second kappa shape index (κ2) is 5.03. The van der Waals surface area contributed by atoms with Gasteiger partial charge in [0, 0.05) is 11.8 Å². The maximum atomic E-state index is 12.3. The van der Waals surface area contributed by atoms with Gasteiger partial charge in [0.1, 0.15) is 5.78 Å². The predicted molar refractivity (Wildman–Crippen MR) is 73.1 cm³/mol. The van der Waals surface area contributed by atoms with Gasteiger partial charge in [0.15, 0.2) is 5.78 Å². The highest BCUT2D eigenvalue weighted by Crippen LogP contribution is 2.38. The zero-order chi connectivity index (χ0) is 15.1. The van der Waals surface area contributed by atoms with Crippen LogP contribution in [0.4, 0.5) is 5.00 Å². The van der Waals surface area contributed by atoms with Gasteiger partial charge in [-0.1, -0.05) is 11.3 Å². The molecule has 0 N–H and O–H groups in total. The number of hydrogen-bond donors (Lipinski definition) is 0. The van der Waals surface area contributed by atoms with Crippen LogP contribution < -0.4 is 0 Å². The molecule has 7 nitrogen and oxygen atoms in total. The Bertz CT molecular complexity index is 666. The molecule has 1 aromatic rings. The van der Waals surface area contributed by atoms with Crippen molar-refractivity contribution in [2.24, 2.45) is 0 Å². The lowest BCUT2D eigenvalue weighted by molar-refractivity contribution is -0.380. The van der Waals surface area contributed by atoms with Crippen LogP contribution in [0, 0.1) is 10.1 Å². The first kappa shape index (κ1) is 13.9. The van der Waals surface area contributed by atoms with Crippen LogP contribution >= 0.6 is 11.3 Å². The SMILES string of the molecule is O=C1CCC[C@H](N2Cc3c(csc3[N+](=O)[O-])C2=O)C(=O)C1. The standard InChI is InChI=1S/C13H12N2O5S/c16-7-2-1-3-10(11(17)4-7)14-5-8-9(12(14)18)6-21-13(8)15(19)20/h6,10H,1-5H2/t10-/m0/s1. The highest BCUT2D eigenvalue weighted by atomic mass is 32.1. The minimum atomic E-state index is -0.638. The molecule has 1 amide bonds. The maximum Gasteiger partial charge on any atom is 0.329 e. The molecule has 1 fully saturated rings. The third-order valence-corrected chi connectivity index (χ3v) is 4.88. The van der Waals surface area contributed by atoms with Crippen molar-refractivity contribution in [3.63, 3.8) is 0 Å². The van der Waals surface area contributed by atoms with E-state index in [1.807, 2.05) is 0 Å². The summed E-state index contributed by atoms with van der Waals surface area (Å²) in [5.74, 6) is -0.710. The Balaban J connectivity index is 1.88. The number of ketones is 2. The van der Waals surface area contributed by atoms with Crippen molar-refractivity contribution >= 4 is 33.8 Å². The fraction of sp³-hybridized carbons (Fsp3) is 0.462. The molecule has 1 aromatic heterocycles. The van der Waals surface area contributed by atoms with E-state index in [9.17, 15) is 24.5 Å². The average molecular weight is 308 g/mol. The van der Waals surface area contributed by atoms with Gasteiger partial charge >= 0.3 is 5.00 Å². The fourth-order valence-corrected chi connectivity index (χ4v) is 3.77. The Kier molecular flexibility index (Phi) is 3.32. The molecule has 1 saturated carbocycles. The van der Waals surface area contributed by atoms with Crippen LogP contribution in [0.3, 0.4) is 0 Å². The van der Waals surface area contributed by atoms with E-state index in [4.69, 9.17) is 0 Å². The zero-order valence-corrected chi connectivity index (χ0v) is 11.9. The minimum absolute atomic E-state index is 0.0435. The Morgan fingerprint density at radius 3 is 2.81 bits per heavy atom. The van der Waals surface area contributed by atoms with Crippen molar-refractivity contribution in [1.82, 2.24) is 4.90 Å². The smallest absolute Gasteiger partial charge is 0.324 e. The van der Waals surface area contributed by atoms with Crippen LogP contribution in [-0.4, -0.2) is 33.3 Å². The van der Waals surface area contributed by atoms with Crippen LogP contribution in [-0.2, 0) is 16.1 Å². The predicted octanol–water partition coefficient (Wildman–Crippen LogP) is 1.69. The van der Waals surface area contributed by atoms with Gasteiger partial charge in [0.2, 0.25) is 0 Å². The first-order valence-electron chi connectivity index (χ1n) is 6.59. The molecule has 0 bridgehead atoms. The lowest BCUT2D eigenvalue weighted by atomic mass is 10.1. The number of thiophene rings is 1. The van der Waals surface area contributed by atoms with Crippen molar-refractivity contribution in [2.75, 3.05) is 0 Å². The van der Waals surface area contributed by atoms with Gasteiger partial charge in [0.05, 0.1) is 35.1 Å². The number of carbonyl (C=O) groups excluding carboxylic acids is 3. The molecule has 1 atom stereocenters. The summed E-state index contributed by atoms with van der Waals surface area (Å²) in [6, 6.07) is -0.638. The molecule has 0 spiro atoms. The molecule has 0 unspecified atom stereocenters. The number of rotatable bonds is 2. The number of hydrogen-bond acceptors (Lipinski definition) is 6. The molecular formula is C13H12N2O5S. The average Bonchev–Trinajstić information content (AvgIpc) is 2.90. The monoisotopic (exact) mass is 308 g/mol. The molecule has 0 aromatic carbocycles. The van der Waals surface area contributed by atoms with E-state index in [1.54, 1.807) is 0 Å². The summed E-state index contributed by atoms with van der Waals surface area (Å²) in [7, 11) is 0. The van der Waals surface area contributed by atoms with Crippen LogP contribution in [0.15, 0.2) is 5.38 Å². The van der Waals surface area contributed by atoms with Crippen molar-refractivity contribution in [3.8, 4) is 0 Å². The van der Waals surface area contributed by atoms with Gasteiger partial charge in [-0.25, -0.2) is 0 Å². The van der Waals surface area contributed by atoms with E-state index in [-0.39, 0.29) is 35.4 Å². The molecule has 2 heterocycles. The van der Waals surface area contributed by atoms with Crippen LogP contribution in [0.25, 0.3) is 0 Å². The number of Topliss-reactive ketones (excluding diaryl/α,β-unsaturated/α-hetero) is 2. The van der Waals surface area contributed by atoms with Gasteiger partial charge in [-0.2, -0.15) is 0 Å². The second-order valence-corrected chi connectivity index (χ2v) is 6.07. The topological polar surface area (TPSA) is 97.6 Å². The molecule has 0 radical (unpaired) electrons. The molecule has 1 aliphatic carbocycles. The van der Waals surface area contributed by atoms with Crippen molar-refractivity contribution in [1.29, 1.82) is 0 Å². The van der Waals surface area contributed by atoms with E-state index in [0.717, 1.165) is 11.3 Å². The summed E-state index contributed by atoms with van der Waals surface area (Å²) in [5.41, 5.74) is 0.702. The summed E-state index contributed by atoms with van der Waals surface area (Å²) in [4.78, 5) is 47.7. The maximum absolute atomic E-state index is 12.3. The normalized spacial score (nSPS) is 22.4. The molecule has 2 aliphatic rings. The van der Waals surface area contributed by atoms with Crippen molar-refractivity contribution in [2.45, 2.75) is 38.3 Å². The number of fused-ring (bicyclic) bond motifs is 1. The fourth-order valence-electron chi connectivity index (χ4n) is 2.89. The van der Waals surface area contributed by atoms with E-state index in [2.05, 4.69) is 0 Å². The summed E-state index contributed by atoms with van der Waals surface area (Å²) >= 11 is 0.932. The van der Waals surface area contributed by atoms with E-state index >= 15 is 0 Å². The largest absolute Gasteiger partial charge is 0.329 e. The summed E-state index contributed by atoms with van der Waals surface area (Å²) in [6.07, 6.45) is 1.21. The Hall–Kier alpha value is -2.09. The molecular weight excluding hydrogens is 296 g/mol. The molecule has 1 aliphatic heterocycles. The summed E-state index contributed by atoms with van der Waals surface area (Å²) in [5, 5.41) is 12.4. The van der Waals surface area contributed by atoms with Crippen LogP contribution in [0.5, 0.6) is 0 Å². The Morgan fingerprint density at radius 2 is 2.10 bits per heavy atom. The van der Waals surface area contributed by atoms with Gasteiger partial charge in [0.25, 0.3) is 5.91 Å². The van der Waals surface area contributed by atoms with E-state index in [0.29, 0.717) is 30.4 Å². The van der Waals surface area contributed by atoms with Gasteiger partial charge in [-0.15, -0.1) is 0 Å². The Labute approximate surface area is 123 Å². The molecule has 110 valence electrons. The molecule has 21 heavy (non-hydrogen) atoms. The van der Waals surface area contributed by atoms with Gasteiger partial charge < -0.3 is 4.90 Å². The van der Waals surface area contributed by atoms with E-state index in [1.165, 1.54) is 10.3 Å². The van der Waals surface area contributed by atoms with Crippen molar-refractivity contribution in [3.05, 3.63) is 26.6 Å². The van der Waals surface area contributed by atoms with Gasteiger partial charge in [-0.3, -0.25) is 24.5 Å². The first-order valence-corrected chi connectivity index (χ1v) is 7.47. The molecule has 0 saturated heterocycles. The first-order chi connectivity index (χ1) is 9.99. The van der Waals surface area contributed by atoms with Crippen LogP contribution in [0.1, 0.15) is 41.6 Å². The number of nitrogens with zero attached hydrogens (tertiary/aromatic N) is 2. The lowest BCUT2D eigenvalue weighted by Crippen LogP contribution is -2.41. The number of amides is 1. The summed E-state index contributed by atoms with van der Waals surface area (Å²) < 4.78 is 0. The third-order valence-electron chi connectivity index (χ3n) is 3.91. The zero-order valence-electron chi connectivity index (χ0n) is 11.0.